The molecule has 1 atom stereocenters. The van der Waals surface area contributed by atoms with Crippen LogP contribution in [-0.2, 0) is 23.6 Å². The van der Waals surface area contributed by atoms with E-state index in [9.17, 15) is 17.6 Å². The molecule has 1 unspecified atom stereocenters. The molecule has 0 N–H and O–H groups in total. The largest absolute Gasteiger partial charge is 0.345 e. The summed E-state index contributed by atoms with van der Waals surface area (Å²) < 4.78 is 41.1. The molecule has 1 fully saturated rings. The van der Waals surface area contributed by atoms with E-state index in [1.165, 1.54) is 31.9 Å². The van der Waals surface area contributed by atoms with Crippen molar-refractivity contribution in [2.45, 2.75) is 25.3 Å². The molecule has 0 radical (unpaired) electrons. The Labute approximate surface area is 145 Å². The van der Waals surface area contributed by atoms with Crippen LogP contribution in [0.15, 0.2) is 29.1 Å². The summed E-state index contributed by atoms with van der Waals surface area (Å²) in [5, 5.41) is 4.40. The van der Waals surface area contributed by atoms with Gasteiger partial charge in [-0.15, -0.1) is 0 Å². The van der Waals surface area contributed by atoms with Gasteiger partial charge in [0.05, 0.1) is 12.8 Å². The summed E-state index contributed by atoms with van der Waals surface area (Å²) in [6, 6.07) is 6.03. The Bertz CT molecular complexity index is 935. The summed E-state index contributed by atoms with van der Waals surface area (Å²) in [6.45, 7) is 0.989. The van der Waals surface area contributed by atoms with Crippen LogP contribution < -0.4 is 5.69 Å². The Balaban J connectivity index is 1.87. The Morgan fingerprint density at radius 1 is 1.36 bits per heavy atom. The predicted octanol–water partition coefficient (Wildman–Crippen LogP) is 0.908. The highest BCUT2D eigenvalue weighted by molar-refractivity contribution is 7.88. The van der Waals surface area contributed by atoms with Gasteiger partial charge in [0, 0.05) is 26.1 Å². The molecular formula is C16H21FN4O3S. The summed E-state index contributed by atoms with van der Waals surface area (Å²) in [5.41, 5.74) is 0.351. The average molecular weight is 368 g/mol. The first-order valence-corrected chi connectivity index (χ1v) is 9.94. The molecule has 9 heteroatoms. The Morgan fingerprint density at radius 2 is 2.12 bits per heavy atom. The van der Waals surface area contributed by atoms with Gasteiger partial charge in [-0.3, -0.25) is 4.57 Å². The molecule has 1 aromatic heterocycles. The molecule has 2 aromatic rings. The Hall–Kier alpha value is -2.00. The van der Waals surface area contributed by atoms with Gasteiger partial charge in [0.2, 0.25) is 10.0 Å². The van der Waals surface area contributed by atoms with Crippen LogP contribution in [-0.4, -0.2) is 46.4 Å². The van der Waals surface area contributed by atoms with Gasteiger partial charge in [-0.1, -0.05) is 12.1 Å². The molecule has 1 aliphatic heterocycles. The summed E-state index contributed by atoms with van der Waals surface area (Å²) in [5.74, 6) is 0.0717. The van der Waals surface area contributed by atoms with Crippen LogP contribution in [0, 0.1) is 5.82 Å². The van der Waals surface area contributed by atoms with E-state index in [4.69, 9.17) is 0 Å². The minimum atomic E-state index is -3.27. The second-order valence-corrected chi connectivity index (χ2v) is 8.43. The third kappa shape index (κ3) is 3.82. The molecule has 3 rings (SSSR count). The van der Waals surface area contributed by atoms with Crippen molar-refractivity contribution in [2.75, 3.05) is 19.3 Å². The minimum absolute atomic E-state index is 0.130. The lowest BCUT2D eigenvalue weighted by molar-refractivity contribution is 0.307. The lowest BCUT2D eigenvalue weighted by Crippen LogP contribution is -2.39. The molecule has 1 aliphatic rings. The van der Waals surface area contributed by atoms with E-state index in [-0.39, 0.29) is 24.0 Å². The fourth-order valence-electron chi connectivity index (χ4n) is 3.23. The second kappa shape index (κ2) is 6.72. The molecule has 0 spiro atoms. The Morgan fingerprint density at radius 3 is 2.80 bits per heavy atom. The van der Waals surface area contributed by atoms with Crippen molar-refractivity contribution < 1.29 is 12.8 Å². The first kappa shape index (κ1) is 17.8. The summed E-state index contributed by atoms with van der Waals surface area (Å²) >= 11 is 0. The fraction of sp³-hybridized carbons (Fsp3) is 0.500. The number of sulfonamides is 1. The zero-order chi connectivity index (χ0) is 18.2. The number of hydrogen-bond donors (Lipinski definition) is 0. The summed E-state index contributed by atoms with van der Waals surface area (Å²) in [7, 11) is -1.64. The summed E-state index contributed by atoms with van der Waals surface area (Å²) in [4.78, 5) is 12.4. The van der Waals surface area contributed by atoms with Crippen molar-refractivity contribution in [3.8, 4) is 0 Å². The number of nitrogens with zero attached hydrogens (tertiary/aromatic N) is 4. The van der Waals surface area contributed by atoms with Crippen LogP contribution in [0.1, 0.15) is 30.1 Å². The molecule has 7 nitrogen and oxygen atoms in total. The number of rotatable bonds is 4. The molecule has 1 aromatic carbocycles. The van der Waals surface area contributed by atoms with Gasteiger partial charge < -0.3 is 0 Å². The van der Waals surface area contributed by atoms with Crippen LogP contribution in [0.4, 0.5) is 4.39 Å². The van der Waals surface area contributed by atoms with Crippen molar-refractivity contribution in [1.82, 2.24) is 18.7 Å². The summed E-state index contributed by atoms with van der Waals surface area (Å²) in [6.07, 6.45) is 2.69. The van der Waals surface area contributed by atoms with E-state index >= 15 is 0 Å². The van der Waals surface area contributed by atoms with Crippen molar-refractivity contribution in [3.05, 3.63) is 52.0 Å². The highest BCUT2D eigenvalue weighted by atomic mass is 32.2. The van der Waals surface area contributed by atoms with E-state index in [1.807, 2.05) is 0 Å². The highest BCUT2D eigenvalue weighted by Gasteiger charge is 2.30. The van der Waals surface area contributed by atoms with Gasteiger partial charge in [0.15, 0.2) is 0 Å². The smallest absolute Gasteiger partial charge is 0.282 e. The molecule has 0 amide bonds. The van der Waals surface area contributed by atoms with E-state index < -0.39 is 10.0 Å². The van der Waals surface area contributed by atoms with E-state index in [0.717, 1.165) is 12.8 Å². The molecule has 2 heterocycles. The van der Waals surface area contributed by atoms with Crippen LogP contribution >= 0.6 is 0 Å². The third-order valence-electron chi connectivity index (χ3n) is 4.51. The Kier molecular flexibility index (Phi) is 4.79. The highest BCUT2D eigenvalue weighted by Crippen LogP contribution is 2.26. The number of aromatic nitrogens is 3. The van der Waals surface area contributed by atoms with Gasteiger partial charge in [-0.2, -0.15) is 5.10 Å². The maximum atomic E-state index is 13.3. The monoisotopic (exact) mass is 368 g/mol. The fourth-order valence-corrected chi connectivity index (χ4v) is 4.14. The van der Waals surface area contributed by atoms with Gasteiger partial charge in [-0.25, -0.2) is 26.6 Å². The first-order valence-electron chi connectivity index (χ1n) is 8.09. The first-order chi connectivity index (χ1) is 11.8. The van der Waals surface area contributed by atoms with E-state index in [2.05, 4.69) is 5.10 Å². The van der Waals surface area contributed by atoms with Crippen molar-refractivity contribution in [1.29, 1.82) is 0 Å². The molecular weight excluding hydrogens is 347 g/mol. The number of halogens is 1. The second-order valence-electron chi connectivity index (χ2n) is 6.45. The topological polar surface area (TPSA) is 77.2 Å². The minimum Gasteiger partial charge on any atom is -0.282 e. The quantitative estimate of drug-likeness (QED) is 0.804. The normalized spacial score (nSPS) is 19.2. The molecule has 0 bridgehead atoms. The number of benzene rings is 1. The maximum absolute atomic E-state index is 13.3. The predicted molar refractivity (Wildman–Crippen MR) is 91.4 cm³/mol. The SMILES string of the molecule is Cn1c(C2CCCN(S(C)(=O)=O)C2)nn(Cc2cccc(F)c2)c1=O. The zero-order valence-corrected chi connectivity index (χ0v) is 15.0. The molecule has 136 valence electrons. The van der Waals surface area contributed by atoms with Crippen molar-refractivity contribution >= 4 is 10.0 Å². The van der Waals surface area contributed by atoms with Gasteiger partial charge in [-0.05, 0) is 30.5 Å². The lowest BCUT2D eigenvalue weighted by atomic mass is 9.99. The molecule has 0 aliphatic carbocycles. The lowest BCUT2D eigenvalue weighted by Gasteiger charge is -2.30. The standard InChI is InChI=1S/C16H21FN4O3S/c1-19-15(13-6-4-8-20(11-13)25(2,23)24)18-21(16(19)22)10-12-5-3-7-14(17)9-12/h3,5,7,9,13H,4,6,8,10-11H2,1-2H3. The zero-order valence-electron chi connectivity index (χ0n) is 14.2. The van der Waals surface area contributed by atoms with E-state index in [1.54, 1.807) is 19.2 Å². The van der Waals surface area contributed by atoms with Crippen molar-refractivity contribution in [3.63, 3.8) is 0 Å². The van der Waals surface area contributed by atoms with Gasteiger partial charge in [0.1, 0.15) is 11.6 Å². The number of piperidine rings is 1. The maximum Gasteiger partial charge on any atom is 0.345 e. The average Bonchev–Trinajstić information content (AvgIpc) is 2.83. The number of hydrogen-bond acceptors (Lipinski definition) is 4. The molecule has 25 heavy (non-hydrogen) atoms. The van der Waals surface area contributed by atoms with Crippen LogP contribution in [0.3, 0.4) is 0 Å². The van der Waals surface area contributed by atoms with Crippen molar-refractivity contribution in [2.24, 2.45) is 7.05 Å². The van der Waals surface area contributed by atoms with Crippen LogP contribution in [0.2, 0.25) is 0 Å². The van der Waals surface area contributed by atoms with Gasteiger partial charge in [0.25, 0.3) is 0 Å². The molecule has 0 saturated carbocycles. The molecule has 1 saturated heterocycles. The van der Waals surface area contributed by atoms with E-state index in [0.29, 0.717) is 24.5 Å². The van der Waals surface area contributed by atoms with Gasteiger partial charge >= 0.3 is 5.69 Å². The van der Waals surface area contributed by atoms with Crippen LogP contribution in [0.25, 0.3) is 0 Å². The third-order valence-corrected chi connectivity index (χ3v) is 5.78. The van der Waals surface area contributed by atoms with Crippen LogP contribution in [0.5, 0.6) is 0 Å².